The first kappa shape index (κ1) is 16.4. The Morgan fingerprint density at radius 2 is 1.96 bits per heavy atom. The Labute approximate surface area is 145 Å². The molecule has 1 amide bonds. The van der Waals surface area contributed by atoms with Crippen molar-refractivity contribution >= 4 is 16.8 Å². The maximum Gasteiger partial charge on any atom is 0.272 e. The molecule has 134 valence electrons. The van der Waals surface area contributed by atoms with Crippen molar-refractivity contribution < 1.29 is 13.6 Å². The first-order valence-corrected chi connectivity index (χ1v) is 8.79. The van der Waals surface area contributed by atoms with Crippen molar-refractivity contribution in [3.8, 4) is 0 Å². The molecule has 4 rings (SSSR count). The van der Waals surface area contributed by atoms with E-state index >= 15 is 0 Å². The summed E-state index contributed by atoms with van der Waals surface area (Å²) in [6, 6.07) is 8.22. The molecule has 1 aromatic carbocycles. The molecule has 2 bridgehead atoms. The highest BCUT2D eigenvalue weighted by molar-refractivity contribution is 6.05. The molecule has 2 atom stereocenters. The predicted molar refractivity (Wildman–Crippen MR) is 90.8 cm³/mol. The molecule has 1 N–H and O–H groups in total. The van der Waals surface area contributed by atoms with Gasteiger partial charge < -0.3 is 10.2 Å². The number of carbonyl (C=O) groups excluding carboxylic acids is 1. The summed E-state index contributed by atoms with van der Waals surface area (Å²) >= 11 is 0. The van der Waals surface area contributed by atoms with Crippen molar-refractivity contribution in [2.45, 2.75) is 56.8 Å². The van der Waals surface area contributed by atoms with Crippen LogP contribution in [0.25, 0.3) is 10.9 Å². The molecule has 2 unspecified atom stereocenters. The number of para-hydroxylation sites is 1. The van der Waals surface area contributed by atoms with Gasteiger partial charge in [0.05, 0.1) is 5.52 Å². The fourth-order valence-electron chi connectivity index (χ4n) is 4.35. The number of piperidine rings is 1. The predicted octanol–water partition coefficient (Wildman–Crippen LogP) is 2.66. The summed E-state index contributed by atoms with van der Waals surface area (Å²) < 4.78 is 26.8. The highest BCUT2D eigenvalue weighted by Gasteiger charge is 2.39. The van der Waals surface area contributed by atoms with E-state index in [4.69, 9.17) is 0 Å². The third kappa shape index (κ3) is 3.01. The van der Waals surface area contributed by atoms with E-state index in [0.29, 0.717) is 23.0 Å². The molecule has 2 aromatic rings. The summed E-state index contributed by atoms with van der Waals surface area (Å²) in [6.07, 6.45) is 1.73. The van der Waals surface area contributed by atoms with E-state index in [2.05, 4.69) is 22.4 Å². The van der Waals surface area contributed by atoms with Crippen LogP contribution >= 0.6 is 0 Å². The normalized spacial score (nSPS) is 26.5. The Morgan fingerprint density at radius 1 is 1.28 bits per heavy atom. The van der Waals surface area contributed by atoms with Gasteiger partial charge in [-0.15, -0.1) is 0 Å². The number of benzene rings is 1. The molecular weight excluding hydrogens is 326 g/mol. The zero-order chi connectivity index (χ0) is 17.6. The second-order valence-electron chi connectivity index (χ2n) is 7.13. The van der Waals surface area contributed by atoms with Crippen LogP contribution in [0.4, 0.5) is 8.78 Å². The van der Waals surface area contributed by atoms with Crippen LogP contribution < -0.4 is 5.32 Å². The number of fused-ring (bicyclic) bond motifs is 3. The largest absolute Gasteiger partial charge is 0.348 e. The van der Waals surface area contributed by atoms with Gasteiger partial charge in [0, 0.05) is 23.5 Å². The zero-order valence-corrected chi connectivity index (χ0v) is 14.2. The molecule has 2 fully saturated rings. The second kappa shape index (κ2) is 6.37. The van der Waals surface area contributed by atoms with Crippen LogP contribution in [0.5, 0.6) is 0 Å². The minimum absolute atomic E-state index is 0.125. The molecule has 0 spiro atoms. The third-order valence-corrected chi connectivity index (χ3v) is 5.62. The smallest absolute Gasteiger partial charge is 0.272 e. The summed E-state index contributed by atoms with van der Waals surface area (Å²) in [5.41, 5.74) is 0.805. The van der Waals surface area contributed by atoms with E-state index < -0.39 is 13.0 Å². The van der Waals surface area contributed by atoms with Crippen molar-refractivity contribution in [3.05, 3.63) is 30.0 Å². The molecule has 0 radical (unpaired) electrons. The lowest BCUT2D eigenvalue weighted by Crippen LogP contribution is -2.48. The number of carbonyl (C=O) groups is 1. The Hall–Kier alpha value is -2.02. The van der Waals surface area contributed by atoms with Gasteiger partial charge in [0.15, 0.2) is 5.69 Å². The van der Waals surface area contributed by atoms with Crippen molar-refractivity contribution in [2.24, 2.45) is 0 Å². The molecule has 2 saturated heterocycles. The maximum atomic E-state index is 12.8. The first-order chi connectivity index (χ1) is 12.0. The summed E-state index contributed by atoms with van der Waals surface area (Å²) in [7, 11) is 2.15. The van der Waals surface area contributed by atoms with Gasteiger partial charge in [-0.1, -0.05) is 18.2 Å². The third-order valence-electron chi connectivity index (χ3n) is 5.62. The lowest BCUT2D eigenvalue weighted by Gasteiger charge is -2.36. The number of amides is 1. The van der Waals surface area contributed by atoms with E-state index in [0.717, 1.165) is 12.8 Å². The van der Waals surface area contributed by atoms with Crippen LogP contribution in [0.3, 0.4) is 0 Å². The van der Waals surface area contributed by atoms with Crippen LogP contribution in [0, 0.1) is 0 Å². The zero-order valence-electron chi connectivity index (χ0n) is 14.2. The molecule has 0 aliphatic carbocycles. The van der Waals surface area contributed by atoms with E-state index in [1.165, 1.54) is 17.5 Å². The Morgan fingerprint density at radius 3 is 2.64 bits per heavy atom. The number of hydrogen-bond acceptors (Lipinski definition) is 3. The fourth-order valence-corrected chi connectivity index (χ4v) is 4.35. The average molecular weight is 348 g/mol. The Kier molecular flexibility index (Phi) is 4.19. The molecule has 2 aliphatic heterocycles. The Balaban J connectivity index is 1.56. The number of nitrogens with one attached hydrogen (secondary N) is 1. The highest BCUT2D eigenvalue weighted by atomic mass is 19.3. The second-order valence-corrected chi connectivity index (χ2v) is 7.13. The number of alkyl halides is 2. The quantitative estimate of drug-likeness (QED) is 0.924. The van der Waals surface area contributed by atoms with Crippen LogP contribution in [0.2, 0.25) is 0 Å². The van der Waals surface area contributed by atoms with Crippen LogP contribution in [-0.2, 0) is 6.54 Å². The average Bonchev–Trinajstić information content (AvgIpc) is 3.01. The number of rotatable bonds is 4. The fraction of sp³-hybridized carbons (Fsp3) is 0.556. The molecule has 0 saturated carbocycles. The van der Waals surface area contributed by atoms with Crippen molar-refractivity contribution in [2.75, 3.05) is 7.05 Å². The molecule has 3 heterocycles. The number of nitrogens with zero attached hydrogens (tertiary/aromatic N) is 3. The van der Waals surface area contributed by atoms with Gasteiger partial charge in [0.1, 0.15) is 6.54 Å². The topological polar surface area (TPSA) is 50.2 Å². The van der Waals surface area contributed by atoms with E-state index in [9.17, 15) is 13.6 Å². The lowest BCUT2D eigenvalue weighted by atomic mass is 9.98. The molecule has 25 heavy (non-hydrogen) atoms. The van der Waals surface area contributed by atoms with E-state index in [1.807, 2.05) is 0 Å². The first-order valence-electron chi connectivity index (χ1n) is 8.79. The van der Waals surface area contributed by atoms with Crippen LogP contribution in [0.15, 0.2) is 24.3 Å². The van der Waals surface area contributed by atoms with Gasteiger partial charge in [-0.05, 0) is 38.8 Å². The summed E-state index contributed by atoms with van der Waals surface area (Å²) in [5, 5.41) is 7.89. The van der Waals surface area contributed by atoms with Crippen LogP contribution in [-0.4, -0.2) is 52.2 Å². The van der Waals surface area contributed by atoms with Crippen LogP contribution in [0.1, 0.15) is 36.2 Å². The van der Waals surface area contributed by atoms with Gasteiger partial charge >= 0.3 is 0 Å². The van der Waals surface area contributed by atoms with E-state index in [-0.39, 0.29) is 17.6 Å². The Bertz CT molecular complexity index is 776. The lowest BCUT2D eigenvalue weighted by molar-refractivity contribution is 0.0874. The number of hydrogen-bond donors (Lipinski definition) is 1. The molecule has 7 heteroatoms. The minimum Gasteiger partial charge on any atom is -0.348 e. The highest BCUT2D eigenvalue weighted by Crippen LogP contribution is 2.34. The standard InChI is InChI=1S/C18H22F2N4O/c1-23-12-6-7-13(23)9-11(8-12)21-18(25)17-14-4-2-3-5-15(14)24(22-17)10-16(19)20/h2-5,11-13,16H,6-10H2,1H3,(H,21,25). The molecule has 1 aromatic heterocycles. The van der Waals surface area contributed by atoms with Gasteiger partial charge in [-0.2, -0.15) is 5.10 Å². The van der Waals surface area contributed by atoms with Gasteiger partial charge in [-0.25, -0.2) is 8.78 Å². The van der Waals surface area contributed by atoms with Crippen molar-refractivity contribution in [1.29, 1.82) is 0 Å². The molecular formula is C18H22F2N4O. The minimum atomic E-state index is -2.51. The molecule has 2 aliphatic rings. The van der Waals surface area contributed by atoms with E-state index in [1.54, 1.807) is 24.3 Å². The van der Waals surface area contributed by atoms with Crippen molar-refractivity contribution in [1.82, 2.24) is 20.0 Å². The maximum absolute atomic E-state index is 12.8. The molecule has 5 nitrogen and oxygen atoms in total. The summed E-state index contributed by atoms with van der Waals surface area (Å²) in [6.45, 7) is -0.508. The van der Waals surface area contributed by atoms with Gasteiger partial charge in [-0.3, -0.25) is 9.48 Å². The van der Waals surface area contributed by atoms with Gasteiger partial charge in [0.25, 0.3) is 12.3 Å². The summed E-state index contributed by atoms with van der Waals surface area (Å²) in [5.74, 6) is -0.266. The summed E-state index contributed by atoms with van der Waals surface area (Å²) in [4.78, 5) is 15.2. The number of halogens is 2. The van der Waals surface area contributed by atoms with Crippen molar-refractivity contribution in [3.63, 3.8) is 0 Å². The van der Waals surface area contributed by atoms with Gasteiger partial charge in [0.2, 0.25) is 0 Å². The number of aromatic nitrogens is 2. The monoisotopic (exact) mass is 348 g/mol. The SMILES string of the molecule is CN1C2CCC1CC(NC(=O)c1nn(CC(F)F)c3ccccc13)C2.